The third-order valence-corrected chi connectivity index (χ3v) is 5.80. The summed E-state index contributed by atoms with van der Waals surface area (Å²) in [4.78, 5) is 13.4. The Bertz CT molecular complexity index is 709. The Labute approximate surface area is 133 Å². The molecule has 0 radical (unpaired) electrons. The van der Waals surface area contributed by atoms with Crippen LogP contribution in [0, 0.1) is 17.6 Å². The minimum absolute atomic E-state index is 0.0100. The fraction of sp³-hybridized carbons (Fsp3) is 0.500. The first-order valence-electron chi connectivity index (χ1n) is 6.94. The Morgan fingerprint density at radius 3 is 2.57 bits per heavy atom. The van der Waals surface area contributed by atoms with Gasteiger partial charge in [-0.3, -0.25) is 4.79 Å². The van der Waals surface area contributed by atoms with Crippen LogP contribution >= 0.6 is 0 Å². The average molecular weight is 348 g/mol. The van der Waals surface area contributed by atoms with E-state index in [1.165, 1.54) is 19.0 Å². The smallest absolute Gasteiger partial charge is 0.256 e. The van der Waals surface area contributed by atoms with Crippen molar-refractivity contribution in [2.45, 2.75) is 6.10 Å². The van der Waals surface area contributed by atoms with E-state index in [2.05, 4.69) is 0 Å². The molecule has 2 atom stereocenters. The summed E-state index contributed by atoms with van der Waals surface area (Å²) in [5.41, 5.74) is -0.310. The maximum absolute atomic E-state index is 13.7. The number of nitrogens with zero attached hydrogens (tertiary/aromatic N) is 2. The van der Waals surface area contributed by atoms with Crippen LogP contribution in [0.5, 0.6) is 0 Å². The van der Waals surface area contributed by atoms with Gasteiger partial charge in [-0.25, -0.2) is 21.5 Å². The molecule has 0 saturated carbocycles. The Morgan fingerprint density at radius 2 is 2.00 bits per heavy atom. The van der Waals surface area contributed by atoms with Crippen LogP contribution in [0.15, 0.2) is 18.2 Å². The Balaban J connectivity index is 2.13. The van der Waals surface area contributed by atoms with Gasteiger partial charge in [0.2, 0.25) is 10.0 Å². The van der Waals surface area contributed by atoms with Crippen molar-refractivity contribution in [3.8, 4) is 0 Å². The molecule has 9 heteroatoms. The number of likely N-dealkylation sites (tertiary alicyclic amines) is 1. The van der Waals surface area contributed by atoms with Crippen LogP contribution < -0.4 is 0 Å². The molecule has 23 heavy (non-hydrogen) atoms. The summed E-state index contributed by atoms with van der Waals surface area (Å²) in [5, 5.41) is 9.98. The number of β-amino-alcohol motifs (C(OH)–C–C–N with tert-alkyl or cyclic N) is 1. The van der Waals surface area contributed by atoms with Gasteiger partial charge in [0.1, 0.15) is 11.6 Å². The van der Waals surface area contributed by atoms with Crippen LogP contribution in [-0.4, -0.2) is 67.7 Å². The minimum Gasteiger partial charge on any atom is -0.391 e. The maximum Gasteiger partial charge on any atom is 0.256 e. The van der Waals surface area contributed by atoms with E-state index in [-0.39, 0.29) is 24.4 Å². The van der Waals surface area contributed by atoms with Crippen molar-refractivity contribution in [2.75, 3.05) is 32.9 Å². The first kappa shape index (κ1) is 17.8. The number of hydrogen-bond acceptors (Lipinski definition) is 4. The molecule has 6 nitrogen and oxygen atoms in total. The lowest BCUT2D eigenvalue weighted by molar-refractivity contribution is 0.0760. The highest BCUT2D eigenvalue weighted by Gasteiger charge is 2.38. The molecule has 1 aromatic rings. The monoisotopic (exact) mass is 348 g/mol. The van der Waals surface area contributed by atoms with E-state index in [4.69, 9.17) is 0 Å². The lowest BCUT2D eigenvalue weighted by atomic mass is 10.1. The fourth-order valence-electron chi connectivity index (χ4n) is 2.44. The van der Waals surface area contributed by atoms with Crippen molar-refractivity contribution in [1.29, 1.82) is 0 Å². The molecule has 1 aromatic carbocycles. The van der Waals surface area contributed by atoms with Crippen LogP contribution in [0.4, 0.5) is 8.78 Å². The molecule has 1 N–H and O–H groups in total. The highest BCUT2D eigenvalue weighted by atomic mass is 32.2. The lowest BCUT2D eigenvalue weighted by Gasteiger charge is -2.18. The second-order valence-corrected chi connectivity index (χ2v) is 7.95. The molecule has 2 rings (SSSR count). The highest BCUT2D eigenvalue weighted by Crippen LogP contribution is 2.22. The van der Waals surface area contributed by atoms with Gasteiger partial charge in [-0.15, -0.1) is 0 Å². The Kier molecular flexibility index (Phi) is 5.02. The summed E-state index contributed by atoms with van der Waals surface area (Å²) < 4.78 is 51.4. The van der Waals surface area contributed by atoms with Gasteiger partial charge in [-0.05, 0) is 12.1 Å². The molecule has 1 amide bonds. The zero-order chi connectivity index (χ0) is 17.4. The Hall–Kier alpha value is -1.58. The van der Waals surface area contributed by atoms with Gasteiger partial charge >= 0.3 is 0 Å². The van der Waals surface area contributed by atoms with Crippen LogP contribution in [0.2, 0.25) is 0 Å². The number of aliphatic hydroxyl groups excluding tert-OH is 1. The summed E-state index contributed by atoms with van der Waals surface area (Å²) in [6.45, 7) is -0.104. The predicted molar refractivity (Wildman–Crippen MR) is 79.2 cm³/mol. The molecule has 1 fully saturated rings. The van der Waals surface area contributed by atoms with E-state index in [9.17, 15) is 27.1 Å². The number of carbonyl (C=O) groups excluding carboxylic acids is 1. The quantitative estimate of drug-likeness (QED) is 0.848. The topological polar surface area (TPSA) is 77.9 Å². The van der Waals surface area contributed by atoms with Gasteiger partial charge in [0.25, 0.3) is 5.91 Å². The summed E-state index contributed by atoms with van der Waals surface area (Å²) in [5.74, 6) is -3.46. The number of benzene rings is 1. The zero-order valence-corrected chi connectivity index (χ0v) is 13.6. The number of halogens is 2. The summed E-state index contributed by atoms with van der Waals surface area (Å²) in [6.07, 6.45) is -1.02. The SMILES string of the molecule is CN(C)S(=O)(=O)C[C@@H]1CN(C(=O)c2ccc(F)cc2F)C[C@H]1O. The molecule has 128 valence electrons. The Morgan fingerprint density at radius 1 is 1.35 bits per heavy atom. The van der Waals surface area contributed by atoms with Crippen molar-refractivity contribution >= 4 is 15.9 Å². The molecule has 0 spiro atoms. The molecule has 1 aliphatic heterocycles. The van der Waals surface area contributed by atoms with Gasteiger partial charge in [0.15, 0.2) is 0 Å². The number of sulfonamides is 1. The van der Waals surface area contributed by atoms with Gasteiger partial charge in [-0.1, -0.05) is 0 Å². The third kappa shape index (κ3) is 3.85. The lowest BCUT2D eigenvalue weighted by Crippen LogP contribution is -2.33. The van der Waals surface area contributed by atoms with Crippen molar-refractivity contribution in [2.24, 2.45) is 5.92 Å². The number of hydrogen-bond donors (Lipinski definition) is 1. The minimum atomic E-state index is -3.53. The first-order chi connectivity index (χ1) is 10.6. The van der Waals surface area contributed by atoms with E-state index >= 15 is 0 Å². The van der Waals surface area contributed by atoms with Crippen LogP contribution in [0.1, 0.15) is 10.4 Å². The fourth-order valence-corrected chi connectivity index (χ4v) is 3.60. The second kappa shape index (κ2) is 6.50. The second-order valence-electron chi connectivity index (χ2n) is 5.72. The largest absolute Gasteiger partial charge is 0.391 e. The molecule has 0 bridgehead atoms. The highest BCUT2D eigenvalue weighted by molar-refractivity contribution is 7.89. The van der Waals surface area contributed by atoms with Crippen LogP contribution in [0.3, 0.4) is 0 Å². The standard InChI is InChI=1S/C14H18F2N2O4S/c1-17(2)23(21,22)8-9-6-18(7-13(9)19)14(20)11-4-3-10(15)5-12(11)16/h3-5,9,13,19H,6-8H2,1-2H3/t9-,13+/m0/s1. The maximum atomic E-state index is 13.7. The molecule has 1 saturated heterocycles. The van der Waals surface area contributed by atoms with Crippen molar-refractivity contribution in [3.63, 3.8) is 0 Å². The normalized spacial score (nSPS) is 21.9. The van der Waals surface area contributed by atoms with Gasteiger partial charge in [-0.2, -0.15) is 0 Å². The number of carbonyl (C=O) groups is 1. The molecule has 0 aliphatic carbocycles. The molecule has 1 heterocycles. The molecule has 0 aromatic heterocycles. The molecule has 1 aliphatic rings. The van der Waals surface area contributed by atoms with Gasteiger partial charge < -0.3 is 10.0 Å². The van der Waals surface area contributed by atoms with Crippen molar-refractivity contribution in [3.05, 3.63) is 35.4 Å². The van der Waals surface area contributed by atoms with Gasteiger partial charge in [0, 0.05) is 39.2 Å². The molecule has 0 unspecified atom stereocenters. The van der Waals surface area contributed by atoms with Crippen molar-refractivity contribution < 1.29 is 27.1 Å². The summed E-state index contributed by atoms with van der Waals surface area (Å²) in [6, 6.07) is 2.60. The van der Waals surface area contributed by atoms with E-state index < -0.39 is 39.6 Å². The third-order valence-electron chi connectivity index (χ3n) is 3.84. The zero-order valence-electron chi connectivity index (χ0n) is 12.7. The summed E-state index contributed by atoms with van der Waals surface area (Å²) >= 11 is 0. The van der Waals surface area contributed by atoms with E-state index in [1.807, 2.05) is 0 Å². The number of aliphatic hydroxyl groups is 1. The summed E-state index contributed by atoms with van der Waals surface area (Å²) in [7, 11) is -0.766. The first-order valence-corrected chi connectivity index (χ1v) is 8.55. The molecular formula is C14H18F2N2O4S. The van der Waals surface area contributed by atoms with E-state index in [1.54, 1.807) is 0 Å². The van der Waals surface area contributed by atoms with Crippen LogP contribution in [-0.2, 0) is 10.0 Å². The number of amides is 1. The number of rotatable bonds is 4. The van der Waals surface area contributed by atoms with E-state index in [0.717, 1.165) is 16.4 Å². The average Bonchev–Trinajstić information content (AvgIpc) is 2.78. The van der Waals surface area contributed by atoms with Crippen LogP contribution in [0.25, 0.3) is 0 Å². The predicted octanol–water partition coefficient (Wildman–Crippen LogP) is 0.289. The van der Waals surface area contributed by atoms with Crippen molar-refractivity contribution in [1.82, 2.24) is 9.21 Å². The molecular weight excluding hydrogens is 330 g/mol. The van der Waals surface area contributed by atoms with Gasteiger partial charge in [0.05, 0.1) is 17.4 Å². The van der Waals surface area contributed by atoms with E-state index in [0.29, 0.717) is 6.07 Å².